The predicted molar refractivity (Wildman–Crippen MR) is 114 cm³/mol. The molecule has 5 aliphatic rings. The number of hydrogen-bond donors (Lipinski definition) is 2. The maximum absolute atomic E-state index is 12.3. The highest BCUT2D eigenvalue weighted by atomic mass is 16.5. The van der Waals surface area contributed by atoms with Crippen molar-refractivity contribution >= 4 is 11.9 Å². The molecule has 4 saturated carbocycles. The van der Waals surface area contributed by atoms with Crippen LogP contribution in [-0.2, 0) is 14.3 Å². The van der Waals surface area contributed by atoms with Gasteiger partial charge in [-0.2, -0.15) is 0 Å². The van der Waals surface area contributed by atoms with Crippen LogP contribution >= 0.6 is 0 Å². The Kier molecular flexibility index (Phi) is 5.22. The summed E-state index contributed by atoms with van der Waals surface area (Å²) in [5.41, 5.74) is 0.772. The van der Waals surface area contributed by atoms with Crippen LogP contribution in [0.5, 0.6) is 0 Å². The second kappa shape index (κ2) is 7.76. The molecule has 5 rings (SSSR count). The third-order valence-corrected chi connectivity index (χ3v) is 9.39. The summed E-state index contributed by atoms with van der Waals surface area (Å²) in [6, 6.07) is 0.640. The second-order valence-corrected chi connectivity index (χ2v) is 10.5. The van der Waals surface area contributed by atoms with Crippen molar-refractivity contribution in [3.05, 3.63) is 12.4 Å². The van der Waals surface area contributed by atoms with Crippen molar-refractivity contribution in [2.45, 2.75) is 63.8 Å². The Hall–Kier alpha value is -1.72. The van der Waals surface area contributed by atoms with Crippen LogP contribution < -0.4 is 10.6 Å². The fraction of sp³-hybridized carbons (Fsp3) is 0.833. The summed E-state index contributed by atoms with van der Waals surface area (Å²) in [4.78, 5) is 25.4. The van der Waals surface area contributed by atoms with Gasteiger partial charge in [-0.3, -0.25) is 9.59 Å². The lowest BCUT2D eigenvalue weighted by molar-refractivity contribution is -0.278. The summed E-state index contributed by atoms with van der Waals surface area (Å²) in [5, 5.41) is 7.29. The van der Waals surface area contributed by atoms with Gasteiger partial charge < -0.3 is 20.3 Å². The maximum Gasteiger partial charge on any atom is 0.305 e. The fourth-order valence-corrected chi connectivity index (χ4v) is 7.85. The standard InChI is InChI=1S/C24H37N3O3/c1-15(26-21-13-19-11-17-10-18-12-20(21)24(17,18)19)25-14-16-6-8-27(9-7-16)22(28)4-3-5-23(29)30-2/h16-21,25-26H,1,3-14H2,2H3. The van der Waals surface area contributed by atoms with E-state index in [1.165, 1.54) is 32.8 Å². The van der Waals surface area contributed by atoms with Crippen molar-refractivity contribution in [2.24, 2.45) is 35.0 Å². The summed E-state index contributed by atoms with van der Waals surface area (Å²) >= 11 is 0. The monoisotopic (exact) mass is 415 g/mol. The molecule has 0 aromatic heterocycles. The molecule has 1 spiro atoms. The van der Waals surface area contributed by atoms with Crippen LogP contribution in [0.4, 0.5) is 0 Å². The first-order valence-corrected chi connectivity index (χ1v) is 12.1. The van der Waals surface area contributed by atoms with Gasteiger partial charge in [0, 0.05) is 38.5 Å². The van der Waals surface area contributed by atoms with Gasteiger partial charge in [-0.05, 0) is 80.0 Å². The summed E-state index contributed by atoms with van der Waals surface area (Å²) in [6.07, 6.45) is 9.21. The molecule has 0 aromatic carbocycles. The minimum Gasteiger partial charge on any atom is -0.469 e. The van der Waals surface area contributed by atoms with Crippen molar-refractivity contribution in [2.75, 3.05) is 26.7 Å². The minimum absolute atomic E-state index is 0.166. The topological polar surface area (TPSA) is 70.7 Å². The maximum atomic E-state index is 12.3. The molecule has 1 heterocycles. The molecule has 0 bridgehead atoms. The van der Waals surface area contributed by atoms with Crippen molar-refractivity contribution in [1.29, 1.82) is 0 Å². The first kappa shape index (κ1) is 20.2. The number of esters is 1. The molecule has 2 N–H and O–H groups in total. The predicted octanol–water partition coefficient (Wildman–Crippen LogP) is 2.65. The second-order valence-electron chi connectivity index (χ2n) is 10.5. The molecule has 30 heavy (non-hydrogen) atoms. The molecule has 6 unspecified atom stereocenters. The van der Waals surface area contributed by atoms with Gasteiger partial charge in [0.1, 0.15) is 0 Å². The van der Waals surface area contributed by atoms with E-state index in [4.69, 9.17) is 0 Å². The number of carbonyl (C=O) groups excluding carboxylic acids is 2. The highest BCUT2D eigenvalue weighted by Crippen LogP contribution is 2.84. The lowest BCUT2D eigenvalue weighted by Crippen LogP contribution is -2.71. The molecule has 1 amide bonds. The van der Waals surface area contributed by atoms with E-state index in [0.29, 0.717) is 31.2 Å². The number of rotatable bonds is 9. The number of ether oxygens (including phenoxy) is 1. The van der Waals surface area contributed by atoms with E-state index in [1.807, 2.05) is 4.90 Å². The molecule has 166 valence electrons. The van der Waals surface area contributed by atoms with E-state index in [0.717, 1.165) is 67.4 Å². The molecule has 1 saturated heterocycles. The minimum atomic E-state index is -0.240. The van der Waals surface area contributed by atoms with Gasteiger partial charge in [-0.1, -0.05) is 6.58 Å². The van der Waals surface area contributed by atoms with E-state index in [-0.39, 0.29) is 11.9 Å². The normalized spacial score (nSPS) is 38.3. The van der Waals surface area contributed by atoms with E-state index in [9.17, 15) is 9.59 Å². The zero-order valence-electron chi connectivity index (χ0n) is 18.3. The van der Waals surface area contributed by atoms with Gasteiger partial charge in [0.15, 0.2) is 0 Å². The molecule has 0 radical (unpaired) electrons. The number of nitrogens with zero attached hydrogens (tertiary/aromatic N) is 1. The largest absolute Gasteiger partial charge is 0.469 e. The SMILES string of the molecule is C=C(NCC1CCN(C(=O)CCCC(=O)OC)CC1)NC1CC2CC3CC4CC1C234. The highest BCUT2D eigenvalue weighted by Gasteiger charge is 2.79. The van der Waals surface area contributed by atoms with E-state index < -0.39 is 0 Å². The number of nitrogens with one attached hydrogen (secondary N) is 2. The van der Waals surface area contributed by atoms with Crippen LogP contribution in [-0.4, -0.2) is 49.6 Å². The van der Waals surface area contributed by atoms with Gasteiger partial charge in [-0.15, -0.1) is 0 Å². The summed E-state index contributed by atoms with van der Waals surface area (Å²) in [6.45, 7) is 6.84. The zero-order valence-corrected chi connectivity index (χ0v) is 18.3. The zero-order chi connectivity index (χ0) is 20.9. The first-order chi connectivity index (χ1) is 14.5. The van der Waals surface area contributed by atoms with Crippen LogP contribution in [0.1, 0.15) is 57.8 Å². The van der Waals surface area contributed by atoms with Crippen molar-refractivity contribution < 1.29 is 14.3 Å². The van der Waals surface area contributed by atoms with Crippen LogP contribution in [0.15, 0.2) is 12.4 Å². The van der Waals surface area contributed by atoms with Gasteiger partial charge >= 0.3 is 5.97 Å². The average molecular weight is 416 g/mol. The van der Waals surface area contributed by atoms with E-state index >= 15 is 0 Å². The third kappa shape index (κ3) is 3.13. The molecule has 6 heteroatoms. The molecular formula is C24H37N3O3. The quantitative estimate of drug-likeness (QED) is 0.567. The molecular weight excluding hydrogens is 378 g/mol. The Morgan fingerprint density at radius 1 is 1.07 bits per heavy atom. The van der Waals surface area contributed by atoms with E-state index in [2.05, 4.69) is 21.9 Å². The Balaban J connectivity index is 0.980. The van der Waals surface area contributed by atoms with Crippen molar-refractivity contribution in [3.63, 3.8) is 0 Å². The number of likely N-dealkylation sites (tertiary alicyclic amines) is 1. The number of methoxy groups -OCH3 is 1. The Morgan fingerprint density at radius 2 is 1.77 bits per heavy atom. The smallest absolute Gasteiger partial charge is 0.305 e. The lowest BCUT2D eigenvalue weighted by Gasteiger charge is -2.76. The van der Waals surface area contributed by atoms with Crippen LogP contribution in [0.25, 0.3) is 0 Å². The summed E-state index contributed by atoms with van der Waals surface area (Å²) < 4.78 is 4.63. The van der Waals surface area contributed by atoms with Gasteiger partial charge in [-0.25, -0.2) is 0 Å². The number of amides is 1. The Bertz CT molecular complexity index is 710. The average Bonchev–Trinajstić information content (AvgIpc) is 3.02. The van der Waals surface area contributed by atoms with Crippen LogP contribution in [0.2, 0.25) is 0 Å². The number of carbonyl (C=O) groups is 2. The highest BCUT2D eigenvalue weighted by molar-refractivity contribution is 5.77. The molecule has 5 fully saturated rings. The summed E-state index contributed by atoms with van der Waals surface area (Å²) in [7, 11) is 1.39. The molecule has 6 nitrogen and oxygen atoms in total. The van der Waals surface area contributed by atoms with Crippen molar-refractivity contribution in [1.82, 2.24) is 15.5 Å². The first-order valence-electron chi connectivity index (χ1n) is 12.1. The number of piperidine rings is 1. The van der Waals surface area contributed by atoms with Crippen LogP contribution in [0, 0.1) is 35.0 Å². The van der Waals surface area contributed by atoms with Gasteiger partial charge in [0.2, 0.25) is 5.91 Å². The lowest BCUT2D eigenvalue weighted by atomic mass is 9.28. The molecule has 6 atom stereocenters. The Morgan fingerprint density at radius 3 is 2.40 bits per heavy atom. The molecule has 4 aliphatic carbocycles. The Labute approximate surface area is 180 Å². The molecule has 0 aromatic rings. The molecule has 1 aliphatic heterocycles. The van der Waals surface area contributed by atoms with Gasteiger partial charge in [0.25, 0.3) is 0 Å². The third-order valence-electron chi connectivity index (χ3n) is 9.39. The van der Waals surface area contributed by atoms with Crippen molar-refractivity contribution in [3.8, 4) is 0 Å². The van der Waals surface area contributed by atoms with E-state index in [1.54, 1.807) is 0 Å². The van der Waals surface area contributed by atoms with Gasteiger partial charge in [0.05, 0.1) is 12.9 Å². The number of hydrogen-bond acceptors (Lipinski definition) is 5. The van der Waals surface area contributed by atoms with Crippen LogP contribution in [0.3, 0.4) is 0 Å². The summed E-state index contributed by atoms with van der Waals surface area (Å²) in [5.74, 6) is 5.55. The fourth-order valence-electron chi connectivity index (χ4n) is 7.85.